The first-order valence-corrected chi connectivity index (χ1v) is 15.7. The van der Waals surface area contributed by atoms with E-state index >= 15 is 0 Å². The summed E-state index contributed by atoms with van der Waals surface area (Å²) in [6.07, 6.45) is 4.11. The molecule has 2 aromatic heterocycles. The van der Waals surface area contributed by atoms with Crippen molar-refractivity contribution in [3.8, 4) is 17.0 Å². The average Bonchev–Trinajstić information content (AvgIpc) is 3.62. The molecule has 242 valence electrons. The lowest BCUT2D eigenvalue weighted by atomic mass is 10.1. The zero-order valence-electron chi connectivity index (χ0n) is 26.5. The lowest BCUT2D eigenvalue weighted by Crippen LogP contribution is -2.52. The summed E-state index contributed by atoms with van der Waals surface area (Å²) in [7, 11) is 0. The number of amides is 2. The van der Waals surface area contributed by atoms with Gasteiger partial charge in [-0.05, 0) is 52.2 Å². The van der Waals surface area contributed by atoms with Crippen LogP contribution in [-0.4, -0.2) is 63.3 Å². The van der Waals surface area contributed by atoms with Gasteiger partial charge in [-0.2, -0.15) is 0 Å². The van der Waals surface area contributed by atoms with Crippen LogP contribution < -0.4 is 10.1 Å². The zero-order valence-corrected chi connectivity index (χ0v) is 26.5. The number of hydrogen-bond acceptors (Lipinski definition) is 7. The second kappa shape index (κ2) is 14.1. The number of aliphatic carboxylic acids is 1. The average molecular weight is 628 g/mol. The van der Waals surface area contributed by atoms with Crippen molar-refractivity contribution in [1.82, 2.24) is 15.2 Å². The minimum Gasteiger partial charge on any atom is -0.484 e. The lowest BCUT2D eigenvalue weighted by molar-refractivity contribution is -0.149. The van der Waals surface area contributed by atoms with E-state index in [0.717, 1.165) is 30.2 Å². The number of carbonyl (C=O) groups is 3. The highest BCUT2D eigenvalue weighted by atomic mass is 16.6. The third-order valence-electron chi connectivity index (χ3n) is 7.88. The van der Waals surface area contributed by atoms with Gasteiger partial charge in [-0.15, -0.1) is 6.58 Å². The largest absolute Gasteiger partial charge is 0.484 e. The number of alkyl carbamates (subject to hydrolysis) is 1. The topological polar surface area (TPSA) is 131 Å². The van der Waals surface area contributed by atoms with Gasteiger partial charge in [-0.25, -0.2) is 14.6 Å². The summed E-state index contributed by atoms with van der Waals surface area (Å²) in [5.74, 6) is -1.22. The van der Waals surface area contributed by atoms with E-state index in [0.29, 0.717) is 41.0 Å². The third-order valence-corrected chi connectivity index (χ3v) is 7.88. The number of hydrogen-bond donors (Lipinski definition) is 2. The van der Waals surface area contributed by atoms with E-state index in [9.17, 15) is 19.5 Å². The molecule has 1 fully saturated rings. The van der Waals surface area contributed by atoms with Crippen molar-refractivity contribution in [3.05, 3.63) is 73.3 Å². The highest BCUT2D eigenvalue weighted by molar-refractivity contribution is 6.05. The van der Waals surface area contributed by atoms with Gasteiger partial charge in [0.25, 0.3) is 0 Å². The normalized spacial score (nSPS) is 17.2. The first-order chi connectivity index (χ1) is 22.0. The summed E-state index contributed by atoms with van der Waals surface area (Å²) in [4.78, 5) is 45.3. The van der Waals surface area contributed by atoms with Crippen LogP contribution in [0.4, 0.5) is 4.79 Å². The number of ether oxygens (including phenoxy) is 2. The number of carboxylic acid groups (broad SMARTS) is 1. The van der Waals surface area contributed by atoms with Crippen LogP contribution in [0.3, 0.4) is 0 Å². The van der Waals surface area contributed by atoms with Gasteiger partial charge >= 0.3 is 12.1 Å². The lowest BCUT2D eigenvalue weighted by Gasteiger charge is -2.28. The van der Waals surface area contributed by atoms with Gasteiger partial charge in [-0.1, -0.05) is 61.4 Å². The number of rotatable bonds is 12. The van der Waals surface area contributed by atoms with Gasteiger partial charge in [0.2, 0.25) is 5.91 Å². The Bertz CT molecular complexity index is 1710. The van der Waals surface area contributed by atoms with E-state index in [1.807, 2.05) is 60.7 Å². The standard InChI is InChI=1S/C36H41N3O7/c1-5-6-7-8-12-18-26(38-35(43)46-36(2,3)4)33(40)39-22-24(20-28(39)34(41)42)44-30-21-27(23-15-10-9-11-16-23)37-31-25-17-13-14-19-29(25)45-32(30)31/h5,9-11,13-17,19,21,24,26,28H,1,6-8,12,18,20,22H2,2-4H3,(H,38,43)(H,41,42)/t24?,26-,28-/m0/s1. The summed E-state index contributed by atoms with van der Waals surface area (Å²) >= 11 is 0. The van der Waals surface area contributed by atoms with Crippen molar-refractivity contribution < 1.29 is 33.4 Å². The van der Waals surface area contributed by atoms with Gasteiger partial charge < -0.3 is 29.2 Å². The van der Waals surface area contributed by atoms with Crippen molar-refractivity contribution in [2.24, 2.45) is 0 Å². The number of carboxylic acids is 1. The Hall–Kier alpha value is -4.86. The highest BCUT2D eigenvalue weighted by Gasteiger charge is 2.43. The predicted molar refractivity (Wildman–Crippen MR) is 176 cm³/mol. The second-order valence-corrected chi connectivity index (χ2v) is 12.6. The molecule has 3 heterocycles. The van der Waals surface area contributed by atoms with Crippen LogP contribution >= 0.6 is 0 Å². The molecule has 2 aromatic carbocycles. The molecular formula is C36H41N3O7. The summed E-state index contributed by atoms with van der Waals surface area (Å²) in [5, 5.41) is 13.7. The Morgan fingerprint density at radius 2 is 1.85 bits per heavy atom. The molecule has 1 saturated heterocycles. The maximum absolute atomic E-state index is 13.9. The van der Waals surface area contributed by atoms with E-state index < -0.39 is 41.8 Å². The number of carbonyl (C=O) groups excluding carboxylic acids is 2. The van der Waals surface area contributed by atoms with Gasteiger partial charge in [0.05, 0.1) is 12.2 Å². The fraction of sp³-hybridized carbons (Fsp3) is 0.389. The number of allylic oxidation sites excluding steroid dienone is 1. The molecular weight excluding hydrogens is 586 g/mol. The van der Waals surface area contributed by atoms with Crippen LogP contribution in [0.5, 0.6) is 5.75 Å². The maximum atomic E-state index is 13.9. The Kier molecular flexibility index (Phi) is 9.94. The number of nitrogens with zero attached hydrogens (tertiary/aromatic N) is 2. The van der Waals surface area contributed by atoms with Crippen LogP contribution in [-0.2, 0) is 14.3 Å². The summed E-state index contributed by atoms with van der Waals surface area (Å²) in [5.41, 5.74) is 2.52. The number of nitrogens with one attached hydrogen (secondary N) is 1. The second-order valence-electron chi connectivity index (χ2n) is 12.6. The van der Waals surface area contributed by atoms with E-state index in [1.54, 1.807) is 26.8 Å². The van der Waals surface area contributed by atoms with Gasteiger partial charge in [0, 0.05) is 23.4 Å². The molecule has 0 spiro atoms. The Morgan fingerprint density at radius 1 is 1.11 bits per heavy atom. The van der Waals surface area contributed by atoms with E-state index in [4.69, 9.17) is 18.9 Å². The number of fused-ring (bicyclic) bond motifs is 3. The molecule has 46 heavy (non-hydrogen) atoms. The summed E-state index contributed by atoms with van der Waals surface area (Å²) in [6, 6.07) is 16.9. The first kappa shape index (κ1) is 32.5. The molecule has 2 N–H and O–H groups in total. The smallest absolute Gasteiger partial charge is 0.408 e. The molecule has 1 aliphatic rings. The van der Waals surface area contributed by atoms with Crippen LogP contribution in [0.15, 0.2) is 77.7 Å². The zero-order chi connectivity index (χ0) is 32.8. The van der Waals surface area contributed by atoms with Crippen molar-refractivity contribution in [3.63, 3.8) is 0 Å². The third kappa shape index (κ3) is 7.67. The monoisotopic (exact) mass is 627 g/mol. The SMILES string of the molecule is C=CCCCCC[C@H](NC(=O)OC(C)(C)C)C(=O)N1CC(Oc2cc(-c3ccccc3)nc3c2oc2ccccc23)C[C@H]1C(=O)O. The number of pyridine rings is 1. The van der Waals surface area contributed by atoms with Crippen molar-refractivity contribution in [2.75, 3.05) is 6.54 Å². The fourth-order valence-electron chi connectivity index (χ4n) is 5.76. The molecule has 3 atom stereocenters. The van der Waals surface area contributed by atoms with E-state index in [1.165, 1.54) is 4.90 Å². The van der Waals surface area contributed by atoms with Crippen LogP contribution in [0, 0.1) is 0 Å². The molecule has 10 nitrogen and oxygen atoms in total. The number of benzene rings is 2. The Morgan fingerprint density at radius 3 is 2.57 bits per heavy atom. The summed E-state index contributed by atoms with van der Waals surface area (Å²) < 4.78 is 18.1. The number of unbranched alkanes of at least 4 members (excludes halogenated alkanes) is 3. The number of para-hydroxylation sites is 1. The molecule has 2 amide bonds. The van der Waals surface area contributed by atoms with Crippen LogP contribution in [0.25, 0.3) is 33.3 Å². The number of aromatic nitrogens is 1. The van der Waals surface area contributed by atoms with Gasteiger partial charge in [0.1, 0.15) is 34.9 Å². The Labute approximate surface area is 268 Å². The minimum absolute atomic E-state index is 0.0173. The molecule has 4 aromatic rings. The minimum atomic E-state index is -1.14. The molecule has 10 heteroatoms. The van der Waals surface area contributed by atoms with Crippen molar-refractivity contribution in [2.45, 2.75) is 83.1 Å². The molecule has 0 saturated carbocycles. The number of likely N-dealkylation sites (tertiary alicyclic amines) is 1. The van der Waals surface area contributed by atoms with Gasteiger partial charge in [-0.3, -0.25) is 4.79 Å². The summed E-state index contributed by atoms with van der Waals surface area (Å²) in [6.45, 7) is 8.98. The van der Waals surface area contributed by atoms with Crippen LogP contribution in [0.2, 0.25) is 0 Å². The Balaban J connectivity index is 1.42. The molecule has 0 radical (unpaired) electrons. The molecule has 0 aliphatic carbocycles. The number of furan rings is 1. The fourth-order valence-corrected chi connectivity index (χ4v) is 5.76. The predicted octanol–water partition coefficient (Wildman–Crippen LogP) is 7.11. The van der Waals surface area contributed by atoms with Crippen molar-refractivity contribution >= 4 is 40.0 Å². The van der Waals surface area contributed by atoms with Gasteiger partial charge in [0.15, 0.2) is 11.3 Å². The highest BCUT2D eigenvalue weighted by Crippen LogP contribution is 2.38. The molecule has 0 bridgehead atoms. The molecule has 1 aliphatic heterocycles. The van der Waals surface area contributed by atoms with Crippen LogP contribution in [0.1, 0.15) is 59.3 Å². The first-order valence-electron chi connectivity index (χ1n) is 15.7. The quantitative estimate of drug-likeness (QED) is 0.126. The van der Waals surface area contributed by atoms with Crippen molar-refractivity contribution in [1.29, 1.82) is 0 Å². The van der Waals surface area contributed by atoms with E-state index in [-0.39, 0.29) is 13.0 Å². The molecule has 1 unspecified atom stereocenters. The molecule has 5 rings (SSSR count). The maximum Gasteiger partial charge on any atom is 0.408 e. The van der Waals surface area contributed by atoms with E-state index in [2.05, 4.69) is 11.9 Å².